The first-order valence-corrected chi connectivity index (χ1v) is 8.67. The number of carbonyl (C=O) groups excluding carboxylic acids is 1. The van der Waals surface area contributed by atoms with Gasteiger partial charge in [-0.1, -0.05) is 5.16 Å². The van der Waals surface area contributed by atoms with Crippen LogP contribution < -0.4 is 0 Å². The SMILES string of the molecule is Cc1noc(C)c1-c1cc(C[C@@H]2CCN(C(=O)CCC(=O)O)C2)ncn1. The van der Waals surface area contributed by atoms with Gasteiger partial charge >= 0.3 is 5.97 Å². The van der Waals surface area contributed by atoms with E-state index in [4.69, 9.17) is 9.63 Å². The van der Waals surface area contributed by atoms with Crippen molar-refractivity contribution >= 4 is 11.9 Å². The van der Waals surface area contributed by atoms with E-state index in [0.29, 0.717) is 19.0 Å². The highest BCUT2D eigenvalue weighted by molar-refractivity contribution is 5.80. The molecule has 1 fully saturated rings. The number of nitrogens with zero attached hydrogens (tertiary/aromatic N) is 4. The molecule has 2 aromatic heterocycles. The summed E-state index contributed by atoms with van der Waals surface area (Å²) in [5.74, 6) is 0.00958. The average Bonchev–Trinajstić information content (AvgIpc) is 3.19. The third-order valence-corrected chi connectivity index (χ3v) is 4.70. The van der Waals surface area contributed by atoms with Crippen molar-refractivity contribution < 1.29 is 19.2 Å². The molecular formula is C18H22N4O4. The summed E-state index contributed by atoms with van der Waals surface area (Å²) in [6.45, 7) is 5.05. The molecule has 8 nitrogen and oxygen atoms in total. The summed E-state index contributed by atoms with van der Waals surface area (Å²) in [6, 6.07) is 1.95. The Hall–Kier alpha value is -2.77. The normalized spacial score (nSPS) is 16.8. The van der Waals surface area contributed by atoms with E-state index >= 15 is 0 Å². The number of hydrogen-bond acceptors (Lipinski definition) is 6. The molecule has 1 atom stereocenters. The molecule has 0 unspecified atom stereocenters. The van der Waals surface area contributed by atoms with Crippen molar-refractivity contribution in [2.45, 2.75) is 39.5 Å². The second kappa shape index (κ2) is 7.63. The Morgan fingerprint density at radius 3 is 2.81 bits per heavy atom. The number of aromatic nitrogens is 3. The summed E-state index contributed by atoms with van der Waals surface area (Å²) >= 11 is 0. The number of rotatable bonds is 6. The summed E-state index contributed by atoms with van der Waals surface area (Å²) in [6.07, 6.45) is 3.13. The van der Waals surface area contributed by atoms with Crippen LogP contribution in [0.4, 0.5) is 0 Å². The Morgan fingerprint density at radius 1 is 1.31 bits per heavy atom. The fourth-order valence-corrected chi connectivity index (χ4v) is 3.39. The highest BCUT2D eigenvalue weighted by Crippen LogP contribution is 2.26. The first-order valence-electron chi connectivity index (χ1n) is 8.67. The zero-order chi connectivity index (χ0) is 18.7. The molecule has 26 heavy (non-hydrogen) atoms. The molecule has 0 saturated carbocycles. The van der Waals surface area contributed by atoms with Crippen LogP contribution >= 0.6 is 0 Å². The standard InChI is InChI=1S/C18H22N4O4/c1-11-18(12(2)26-21-11)15-8-14(19-10-20-15)7-13-5-6-22(9-13)16(23)3-4-17(24)25/h8,10,13H,3-7,9H2,1-2H3,(H,24,25)/t13-/m0/s1. The molecule has 2 aromatic rings. The van der Waals surface area contributed by atoms with Crippen molar-refractivity contribution in [2.75, 3.05) is 13.1 Å². The van der Waals surface area contributed by atoms with Gasteiger partial charge in [0.25, 0.3) is 0 Å². The molecule has 1 saturated heterocycles. The number of hydrogen-bond donors (Lipinski definition) is 1. The first-order chi connectivity index (χ1) is 12.4. The predicted octanol–water partition coefficient (Wildman–Crippen LogP) is 2.00. The Kier molecular flexibility index (Phi) is 5.29. The van der Waals surface area contributed by atoms with Gasteiger partial charge in [0, 0.05) is 25.2 Å². The molecule has 0 aliphatic carbocycles. The van der Waals surface area contributed by atoms with E-state index in [-0.39, 0.29) is 18.7 Å². The zero-order valence-electron chi connectivity index (χ0n) is 14.9. The predicted molar refractivity (Wildman–Crippen MR) is 92.3 cm³/mol. The number of carbonyl (C=O) groups is 2. The molecule has 3 heterocycles. The molecule has 0 radical (unpaired) electrons. The second-order valence-corrected chi connectivity index (χ2v) is 6.69. The highest BCUT2D eigenvalue weighted by Gasteiger charge is 2.27. The molecule has 138 valence electrons. The Balaban J connectivity index is 1.63. The monoisotopic (exact) mass is 358 g/mol. The van der Waals surface area contributed by atoms with Crippen LogP contribution in [0.5, 0.6) is 0 Å². The van der Waals surface area contributed by atoms with Crippen LogP contribution in [0.1, 0.15) is 36.4 Å². The molecule has 1 aliphatic heterocycles. The largest absolute Gasteiger partial charge is 0.481 e. The van der Waals surface area contributed by atoms with Crippen LogP contribution in [-0.4, -0.2) is 50.1 Å². The van der Waals surface area contributed by atoms with Crippen molar-refractivity contribution in [2.24, 2.45) is 5.92 Å². The van der Waals surface area contributed by atoms with Crippen molar-refractivity contribution in [1.29, 1.82) is 0 Å². The van der Waals surface area contributed by atoms with Crippen molar-refractivity contribution in [3.8, 4) is 11.3 Å². The number of likely N-dealkylation sites (tertiary alicyclic amines) is 1. The lowest BCUT2D eigenvalue weighted by Gasteiger charge is -2.16. The summed E-state index contributed by atoms with van der Waals surface area (Å²) in [4.78, 5) is 33.1. The van der Waals surface area contributed by atoms with Crippen LogP contribution in [0.3, 0.4) is 0 Å². The Labute approximate surface area is 151 Å². The molecule has 3 rings (SSSR count). The third-order valence-electron chi connectivity index (χ3n) is 4.70. The number of aliphatic carboxylic acids is 1. The minimum absolute atomic E-state index is 0.0613. The molecule has 1 N–H and O–H groups in total. The van der Waals surface area contributed by atoms with Gasteiger partial charge in [0.15, 0.2) is 0 Å². The van der Waals surface area contributed by atoms with Gasteiger partial charge in [0.1, 0.15) is 12.1 Å². The van der Waals surface area contributed by atoms with Gasteiger partial charge in [0.05, 0.1) is 23.4 Å². The second-order valence-electron chi connectivity index (χ2n) is 6.69. The first kappa shape index (κ1) is 18.0. The maximum Gasteiger partial charge on any atom is 0.303 e. The molecule has 0 spiro atoms. The number of amides is 1. The van der Waals surface area contributed by atoms with Crippen LogP contribution in [0.15, 0.2) is 16.9 Å². The van der Waals surface area contributed by atoms with E-state index in [1.165, 1.54) is 0 Å². The summed E-state index contributed by atoms with van der Waals surface area (Å²) < 4.78 is 5.21. The van der Waals surface area contributed by atoms with Gasteiger partial charge < -0.3 is 14.5 Å². The summed E-state index contributed by atoms with van der Waals surface area (Å²) in [5, 5.41) is 12.7. The number of aryl methyl sites for hydroxylation is 2. The number of carboxylic acids is 1. The minimum Gasteiger partial charge on any atom is -0.481 e. The highest BCUT2D eigenvalue weighted by atomic mass is 16.5. The molecule has 0 aromatic carbocycles. The lowest BCUT2D eigenvalue weighted by molar-refractivity contribution is -0.140. The topological polar surface area (TPSA) is 109 Å². The van der Waals surface area contributed by atoms with Gasteiger partial charge in [-0.05, 0) is 38.7 Å². The minimum atomic E-state index is -0.943. The molecule has 0 bridgehead atoms. The number of carboxylic acid groups (broad SMARTS) is 1. The van der Waals surface area contributed by atoms with E-state index in [2.05, 4.69) is 15.1 Å². The fraction of sp³-hybridized carbons (Fsp3) is 0.500. The average molecular weight is 358 g/mol. The Morgan fingerprint density at radius 2 is 2.12 bits per heavy atom. The van der Waals surface area contributed by atoms with Gasteiger partial charge in [-0.25, -0.2) is 9.97 Å². The Bertz CT molecular complexity index is 798. The molecule has 8 heteroatoms. The van der Waals surface area contributed by atoms with Crippen molar-refractivity contribution in [3.63, 3.8) is 0 Å². The van der Waals surface area contributed by atoms with Crippen LogP contribution in [0.25, 0.3) is 11.3 Å². The zero-order valence-corrected chi connectivity index (χ0v) is 14.9. The quantitative estimate of drug-likeness (QED) is 0.841. The van der Waals surface area contributed by atoms with E-state index < -0.39 is 5.97 Å². The lowest BCUT2D eigenvalue weighted by Crippen LogP contribution is -2.29. The van der Waals surface area contributed by atoms with Crippen molar-refractivity contribution in [1.82, 2.24) is 20.0 Å². The summed E-state index contributed by atoms with van der Waals surface area (Å²) in [7, 11) is 0. The van der Waals surface area contributed by atoms with Crippen molar-refractivity contribution in [3.05, 3.63) is 29.5 Å². The van der Waals surface area contributed by atoms with Crippen LogP contribution in [-0.2, 0) is 16.0 Å². The van der Waals surface area contributed by atoms with E-state index in [1.54, 1.807) is 11.2 Å². The summed E-state index contributed by atoms with van der Waals surface area (Å²) in [5.41, 5.74) is 3.40. The maximum atomic E-state index is 12.1. The fourth-order valence-electron chi connectivity index (χ4n) is 3.39. The third kappa shape index (κ3) is 4.07. The van der Waals surface area contributed by atoms with Gasteiger partial charge in [-0.3, -0.25) is 9.59 Å². The molecular weight excluding hydrogens is 336 g/mol. The van der Waals surface area contributed by atoms with E-state index in [9.17, 15) is 9.59 Å². The van der Waals surface area contributed by atoms with Gasteiger partial charge in [0.2, 0.25) is 5.91 Å². The van der Waals surface area contributed by atoms with Crippen LogP contribution in [0, 0.1) is 19.8 Å². The molecule has 1 aliphatic rings. The van der Waals surface area contributed by atoms with Crippen LogP contribution in [0.2, 0.25) is 0 Å². The maximum absolute atomic E-state index is 12.1. The van der Waals surface area contributed by atoms with Gasteiger partial charge in [-0.15, -0.1) is 0 Å². The van der Waals surface area contributed by atoms with E-state index in [0.717, 1.165) is 41.2 Å². The smallest absolute Gasteiger partial charge is 0.303 e. The van der Waals surface area contributed by atoms with E-state index in [1.807, 2.05) is 19.9 Å². The molecule has 1 amide bonds. The van der Waals surface area contributed by atoms with Gasteiger partial charge in [-0.2, -0.15) is 0 Å². The lowest BCUT2D eigenvalue weighted by atomic mass is 10.0.